The van der Waals surface area contributed by atoms with Crippen molar-refractivity contribution in [1.29, 1.82) is 0 Å². The number of guanidine groups is 1. The number of hydrogen-bond acceptors (Lipinski definition) is 4. The van der Waals surface area contributed by atoms with Crippen LogP contribution in [0.5, 0.6) is 5.75 Å². The molecular weight excluding hydrogens is 347 g/mol. The summed E-state index contributed by atoms with van der Waals surface area (Å²) >= 11 is 0. The Bertz CT molecular complexity index is 1180. The van der Waals surface area contributed by atoms with Gasteiger partial charge in [0.05, 0.1) is 12.6 Å². The van der Waals surface area contributed by atoms with Crippen LogP contribution in [0.4, 0.5) is 10.2 Å². The fraction of sp³-hybridized carbons (Fsp3) is 0.105. The van der Waals surface area contributed by atoms with Crippen LogP contribution in [0.25, 0.3) is 21.8 Å². The number of nitrogens with two attached hydrogens (primary N) is 2. The molecule has 2 aromatic heterocycles. The lowest BCUT2D eigenvalue weighted by Gasteiger charge is -2.06. The van der Waals surface area contributed by atoms with E-state index in [0.717, 1.165) is 22.2 Å². The second-order valence-electron chi connectivity index (χ2n) is 6.06. The monoisotopic (exact) mass is 364 g/mol. The fourth-order valence-electron chi connectivity index (χ4n) is 3.02. The molecule has 0 aliphatic heterocycles. The zero-order valence-corrected chi connectivity index (χ0v) is 14.5. The van der Waals surface area contributed by atoms with Crippen molar-refractivity contribution in [2.24, 2.45) is 16.5 Å². The minimum atomic E-state index is -0.389. The first kappa shape index (κ1) is 16.8. The molecule has 4 aromatic rings. The topological polar surface area (TPSA) is 115 Å². The molecule has 2 heterocycles. The maximum absolute atomic E-state index is 13.7. The molecule has 136 valence electrons. The van der Waals surface area contributed by atoms with E-state index in [0.29, 0.717) is 29.0 Å². The molecule has 5 N–H and O–H groups in total. The quantitative estimate of drug-likeness (QED) is 0.380. The van der Waals surface area contributed by atoms with Gasteiger partial charge in [-0.3, -0.25) is 0 Å². The Morgan fingerprint density at radius 1 is 1.15 bits per heavy atom. The maximum Gasteiger partial charge on any atom is 0.192 e. The van der Waals surface area contributed by atoms with E-state index in [1.54, 1.807) is 13.2 Å². The molecule has 0 bridgehead atoms. The summed E-state index contributed by atoms with van der Waals surface area (Å²) < 4.78 is 19.0. The first-order valence-electron chi connectivity index (χ1n) is 8.23. The SMILES string of the molecule is COc1ccc2[nH]cc(Cc3nc(N=C(N)N)c4ccc(F)cc4n3)c2c1. The molecule has 0 amide bonds. The van der Waals surface area contributed by atoms with E-state index in [9.17, 15) is 4.39 Å². The van der Waals surface area contributed by atoms with Gasteiger partial charge in [0.2, 0.25) is 0 Å². The van der Waals surface area contributed by atoms with Gasteiger partial charge in [-0.15, -0.1) is 0 Å². The number of hydrogen-bond donors (Lipinski definition) is 3. The number of ether oxygens (including phenoxy) is 1. The molecule has 0 unspecified atom stereocenters. The van der Waals surface area contributed by atoms with Crippen molar-refractivity contribution in [2.45, 2.75) is 6.42 Å². The van der Waals surface area contributed by atoms with Crippen LogP contribution in [0.1, 0.15) is 11.4 Å². The Balaban J connectivity index is 1.83. The molecule has 7 nitrogen and oxygen atoms in total. The average Bonchev–Trinajstić information content (AvgIpc) is 3.03. The van der Waals surface area contributed by atoms with Gasteiger partial charge in [0.15, 0.2) is 11.8 Å². The molecule has 0 fully saturated rings. The van der Waals surface area contributed by atoms with Gasteiger partial charge in [-0.1, -0.05) is 0 Å². The van der Waals surface area contributed by atoms with Gasteiger partial charge in [-0.05, 0) is 35.9 Å². The third-order valence-corrected chi connectivity index (χ3v) is 4.24. The van der Waals surface area contributed by atoms with Crippen molar-refractivity contribution < 1.29 is 9.13 Å². The van der Waals surface area contributed by atoms with Gasteiger partial charge >= 0.3 is 0 Å². The second kappa shape index (κ2) is 6.56. The summed E-state index contributed by atoms with van der Waals surface area (Å²) in [4.78, 5) is 16.2. The lowest BCUT2D eigenvalue weighted by atomic mass is 10.1. The highest BCUT2D eigenvalue weighted by Gasteiger charge is 2.12. The highest BCUT2D eigenvalue weighted by molar-refractivity contribution is 5.91. The predicted molar refractivity (Wildman–Crippen MR) is 103 cm³/mol. The molecule has 0 spiro atoms. The summed E-state index contributed by atoms with van der Waals surface area (Å²) in [6, 6.07) is 9.99. The van der Waals surface area contributed by atoms with E-state index in [-0.39, 0.29) is 11.8 Å². The van der Waals surface area contributed by atoms with E-state index < -0.39 is 0 Å². The molecule has 0 saturated carbocycles. The van der Waals surface area contributed by atoms with Crippen molar-refractivity contribution in [3.63, 3.8) is 0 Å². The second-order valence-corrected chi connectivity index (χ2v) is 6.06. The molecule has 0 saturated heterocycles. The number of aromatic nitrogens is 3. The Kier molecular flexibility index (Phi) is 4.08. The van der Waals surface area contributed by atoms with Crippen LogP contribution in [-0.2, 0) is 6.42 Å². The number of fused-ring (bicyclic) bond motifs is 2. The van der Waals surface area contributed by atoms with Gasteiger partial charge in [-0.25, -0.2) is 14.4 Å². The molecule has 0 aliphatic rings. The van der Waals surface area contributed by atoms with E-state index in [2.05, 4.69) is 19.9 Å². The Morgan fingerprint density at radius 3 is 2.78 bits per heavy atom. The molecule has 2 aromatic carbocycles. The Hall–Kier alpha value is -3.68. The highest BCUT2D eigenvalue weighted by atomic mass is 19.1. The first-order chi connectivity index (χ1) is 13.0. The van der Waals surface area contributed by atoms with E-state index in [1.807, 2.05) is 24.4 Å². The molecule has 0 atom stereocenters. The van der Waals surface area contributed by atoms with Crippen molar-refractivity contribution in [3.8, 4) is 5.75 Å². The molecule has 27 heavy (non-hydrogen) atoms. The van der Waals surface area contributed by atoms with Crippen molar-refractivity contribution in [3.05, 3.63) is 59.8 Å². The molecular formula is C19H17FN6O. The molecule has 0 aliphatic carbocycles. The van der Waals surface area contributed by atoms with Crippen molar-refractivity contribution in [2.75, 3.05) is 7.11 Å². The predicted octanol–water partition coefficient (Wildman–Crippen LogP) is 2.75. The maximum atomic E-state index is 13.7. The highest BCUT2D eigenvalue weighted by Crippen LogP contribution is 2.27. The number of halogens is 1. The summed E-state index contributed by atoms with van der Waals surface area (Å²) in [5, 5.41) is 1.58. The average molecular weight is 364 g/mol. The van der Waals surface area contributed by atoms with Crippen LogP contribution in [0.2, 0.25) is 0 Å². The van der Waals surface area contributed by atoms with E-state index in [4.69, 9.17) is 16.2 Å². The van der Waals surface area contributed by atoms with Crippen LogP contribution in [0.3, 0.4) is 0 Å². The molecule has 4 rings (SSSR count). The smallest absolute Gasteiger partial charge is 0.192 e. The van der Waals surface area contributed by atoms with Crippen LogP contribution >= 0.6 is 0 Å². The Labute approximate surface area is 153 Å². The number of aliphatic imine (C=N–C) groups is 1. The van der Waals surface area contributed by atoms with Crippen LogP contribution in [0.15, 0.2) is 47.6 Å². The van der Waals surface area contributed by atoms with Crippen LogP contribution < -0.4 is 16.2 Å². The van der Waals surface area contributed by atoms with Crippen LogP contribution in [-0.4, -0.2) is 28.0 Å². The number of nitrogens with zero attached hydrogens (tertiary/aromatic N) is 3. The first-order valence-corrected chi connectivity index (χ1v) is 8.23. The van der Waals surface area contributed by atoms with Crippen molar-refractivity contribution >= 4 is 33.6 Å². The van der Waals surface area contributed by atoms with Gasteiger partial charge < -0.3 is 21.2 Å². The number of aromatic amines is 1. The summed E-state index contributed by atoms with van der Waals surface area (Å²) in [7, 11) is 1.62. The molecule has 8 heteroatoms. The zero-order chi connectivity index (χ0) is 19.0. The number of H-pyrrole nitrogens is 1. The summed E-state index contributed by atoms with van der Waals surface area (Å²) in [6.45, 7) is 0. The summed E-state index contributed by atoms with van der Waals surface area (Å²) in [5.41, 5.74) is 13.4. The third kappa shape index (κ3) is 3.24. The van der Waals surface area contributed by atoms with E-state index in [1.165, 1.54) is 12.1 Å². The number of rotatable bonds is 4. The zero-order valence-electron chi connectivity index (χ0n) is 14.5. The summed E-state index contributed by atoms with van der Waals surface area (Å²) in [5.74, 6) is 1.04. The van der Waals surface area contributed by atoms with Crippen LogP contribution in [0, 0.1) is 5.82 Å². The van der Waals surface area contributed by atoms with Gasteiger partial charge in [-0.2, -0.15) is 4.99 Å². The standard InChI is InChI=1S/C19H17FN6O/c1-27-12-3-5-15-14(8-12)10(9-23-15)6-17-24-16-7-11(20)2-4-13(16)18(25-17)26-19(21)22/h2-5,7-9,23H,6H2,1H3,(H4,21,22,24,25,26). The third-order valence-electron chi connectivity index (χ3n) is 4.24. The summed E-state index contributed by atoms with van der Waals surface area (Å²) in [6.07, 6.45) is 2.32. The fourth-order valence-corrected chi connectivity index (χ4v) is 3.02. The normalized spacial score (nSPS) is 11.0. The lowest BCUT2D eigenvalue weighted by molar-refractivity contribution is 0.415. The number of methoxy groups -OCH3 is 1. The Morgan fingerprint density at radius 2 is 2.00 bits per heavy atom. The largest absolute Gasteiger partial charge is 0.497 e. The van der Waals surface area contributed by atoms with Crippen molar-refractivity contribution in [1.82, 2.24) is 15.0 Å². The lowest BCUT2D eigenvalue weighted by Crippen LogP contribution is -2.22. The van der Waals surface area contributed by atoms with Gasteiger partial charge in [0.1, 0.15) is 17.4 Å². The number of benzene rings is 2. The number of nitrogens with one attached hydrogen (secondary N) is 1. The van der Waals surface area contributed by atoms with E-state index >= 15 is 0 Å². The molecule has 0 radical (unpaired) electrons. The van der Waals surface area contributed by atoms with Gasteiger partial charge in [0.25, 0.3) is 0 Å². The minimum Gasteiger partial charge on any atom is -0.497 e. The minimum absolute atomic E-state index is 0.123. The van der Waals surface area contributed by atoms with Gasteiger partial charge in [0, 0.05) is 35.0 Å².